The van der Waals surface area contributed by atoms with Crippen molar-refractivity contribution >= 4 is 5.97 Å². The van der Waals surface area contributed by atoms with Crippen LogP contribution in [-0.2, 0) is 4.74 Å². The quantitative estimate of drug-likeness (QED) is 0.771. The third-order valence-electron chi connectivity index (χ3n) is 2.10. The van der Waals surface area contributed by atoms with Gasteiger partial charge in [0, 0.05) is 6.20 Å². The number of aromatic nitrogens is 1. The highest BCUT2D eigenvalue weighted by Crippen LogP contribution is 2.31. The summed E-state index contributed by atoms with van der Waals surface area (Å²) >= 11 is 0. The molecule has 0 unspecified atom stereocenters. The van der Waals surface area contributed by atoms with Crippen LogP contribution in [-0.4, -0.2) is 24.7 Å². The van der Waals surface area contributed by atoms with E-state index in [0.717, 1.165) is 6.20 Å². The van der Waals surface area contributed by atoms with Crippen LogP contribution in [0, 0.1) is 11.3 Å². The van der Waals surface area contributed by atoms with Crippen LogP contribution in [0.1, 0.15) is 34.8 Å². The van der Waals surface area contributed by atoms with Crippen LogP contribution in [0.25, 0.3) is 0 Å². The molecule has 0 spiro atoms. The molecule has 1 rings (SSSR count). The van der Waals surface area contributed by atoms with Gasteiger partial charge in [0.25, 0.3) is 6.43 Å². The molecule has 0 aromatic carbocycles. The fraction of sp³-hybridized carbons (Fsp3) is 0.364. The monoisotopic (exact) mass is 256 g/mol. The molecule has 0 N–H and O–H groups in total. The van der Waals surface area contributed by atoms with Crippen molar-refractivity contribution in [2.75, 3.05) is 13.7 Å². The average molecular weight is 256 g/mol. The van der Waals surface area contributed by atoms with E-state index in [0.29, 0.717) is 0 Å². The van der Waals surface area contributed by atoms with Gasteiger partial charge in [-0.15, -0.1) is 0 Å². The van der Waals surface area contributed by atoms with E-state index in [2.05, 4.69) is 9.72 Å². The molecule has 0 saturated heterocycles. The number of rotatable bonds is 4. The van der Waals surface area contributed by atoms with Crippen LogP contribution in [0.5, 0.6) is 5.88 Å². The topological polar surface area (TPSA) is 72.2 Å². The summed E-state index contributed by atoms with van der Waals surface area (Å²) < 4.78 is 35.3. The molecule has 0 radical (unpaired) electrons. The fourth-order valence-corrected chi connectivity index (χ4v) is 1.38. The maximum atomic E-state index is 12.9. The third-order valence-corrected chi connectivity index (χ3v) is 2.10. The van der Waals surface area contributed by atoms with E-state index < -0.39 is 23.5 Å². The zero-order valence-electron chi connectivity index (χ0n) is 9.74. The number of nitrogens with zero attached hydrogens (tertiary/aromatic N) is 2. The van der Waals surface area contributed by atoms with E-state index in [1.165, 1.54) is 14.0 Å². The van der Waals surface area contributed by atoms with Crippen molar-refractivity contribution < 1.29 is 23.0 Å². The fourth-order valence-electron chi connectivity index (χ4n) is 1.38. The molecule has 1 heterocycles. The van der Waals surface area contributed by atoms with Gasteiger partial charge < -0.3 is 9.47 Å². The molecule has 0 aliphatic rings. The number of esters is 1. The first-order chi connectivity index (χ1) is 8.56. The lowest BCUT2D eigenvalue weighted by molar-refractivity contribution is 0.0510. The van der Waals surface area contributed by atoms with Crippen molar-refractivity contribution in [1.82, 2.24) is 4.98 Å². The molecule has 0 atom stereocenters. The minimum absolute atomic E-state index is 0.0153. The summed E-state index contributed by atoms with van der Waals surface area (Å²) in [5, 5.41) is 8.75. The molecular formula is C11H10F2N2O3. The molecule has 18 heavy (non-hydrogen) atoms. The lowest BCUT2D eigenvalue weighted by atomic mass is 10.1. The predicted molar refractivity (Wildman–Crippen MR) is 56.4 cm³/mol. The van der Waals surface area contributed by atoms with Crippen molar-refractivity contribution in [2.24, 2.45) is 0 Å². The number of hydrogen-bond acceptors (Lipinski definition) is 5. The van der Waals surface area contributed by atoms with Crippen molar-refractivity contribution in [1.29, 1.82) is 5.26 Å². The molecule has 7 heteroatoms. The summed E-state index contributed by atoms with van der Waals surface area (Å²) in [6, 6.07) is 1.56. The lowest BCUT2D eigenvalue weighted by Crippen LogP contribution is -2.13. The lowest BCUT2D eigenvalue weighted by Gasteiger charge is -2.12. The van der Waals surface area contributed by atoms with Gasteiger partial charge in [0.15, 0.2) is 0 Å². The van der Waals surface area contributed by atoms with E-state index in [4.69, 9.17) is 10.00 Å². The van der Waals surface area contributed by atoms with E-state index in [-0.39, 0.29) is 18.1 Å². The second kappa shape index (κ2) is 5.91. The van der Waals surface area contributed by atoms with Gasteiger partial charge >= 0.3 is 5.97 Å². The van der Waals surface area contributed by atoms with Gasteiger partial charge in [0.1, 0.15) is 11.6 Å². The molecule has 0 fully saturated rings. The van der Waals surface area contributed by atoms with Gasteiger partial charge in [-0.2, -0.15) is 5.26 Å². The summed E-state index contributed by atoms with van der Waals surface area (Å²) in [4.78, 5) is 15.3. The number of pyridine rings is 1. The molecule has 0 bridgehead atoms. The molecule has 96 valence electrons. The van der Waals surface area contributed by atoms with Crippen LogP contribution in [0.4, 0.5) is 8.78 Å². The number of methoxy groups -OCH3 is 1. The van der Waals surface area contributed by atoms with Gasteiger partial charge in [0.2, 0.25) is 5.88 Å². The maximum Gasteiger partial charge on any atom is 0.344 e. The normalized spacial score (nSPS) is 10.0. The van der Waals surface area contributed by atoms with Gasteiger partial charge in [-0.05, 0) is 6.92 Å². The number of ether oxygens (including phenoxy) is 2. The maximum absolute atomic E-state index is 12.9. The molecule has 0 aliphatic carbocycles. The van der Waals surface area contributed by atoms with E-state index in [1.54, 1.807) is 6.07 Å². The van der Waals surface area contributed by atoms with E-state index in [9.17, 15) is 13.6 Å². The number of carbonyl (C=O) groups excluding carboxylic acids is 1. The Morgan fingerprint density at radius 2 is 2.28 bits per heavy atom. The largest absolute Gasteiger partial charge is 0.480 e. The molecule has 5 nitrogen and oxygen atoms in total. The molecule has 0 saturated carbocycles. The van der Waals surface area contributed by atoms with Crippen molar-refractivity contribution in [3.63, 3.8) is 0 Å². The molecule has 1 aromatic heterocycles. The summed E-state index contributed by atoms with van der Waals surface area (Å²) in [6.07, 6.45) is -2.07. The average Bonchev–Trinajstić information content (AvgIpc) is 2.36. The Balaban J connectivity index is 3.51. The molecular weight excluding hydrogens is 246 g/mol. The minimum atomic E-state index is -3.00. The number of halogens is 2. The third kappa shape index (κ3) is 2.53. The van der Waals surface area contributed by atoms with Crippen molar-refractivity contribution in [2.45, 2.75) is 13.3 Å². The summed E-state index contributed by atoms with van der Waals surface area (Å²) in [5.41, 5.74) is -1.61. The Morgan fingerprint density at radius 3 is 2.72 bits per heavy atom. The Labute approximate surface area is 102 Å². The number of nitriles is 1. The van der Waals surface area contributed by atoms with Crippen molar-refractivity contribution in [3.05, 3.63) is 22.9 Å². The standard InChI is InChI=1S/C11H10F2N2O3/c1-3-18-11(16)8-7(9(12)13)6(4-14)5-15-10(8)17-2/h5,9H,3H2,1-2H3. The number of carbonyl (C=O) groups is 1. The van der Waals surface area contributed by atoms with Crippen LogP contribution < -0.4 is 4.74 Å². The highest BCUT2D eigenvalue weighted by molar-refractivity contribution is 5.94. The zero-order valence-corrected chi connectivity index (χ0v) is 9.74. The first kappa shape index (κ1) is 13.8. The van der Waals surface area contributed by atoms with E-state index in [1.807, 2.05) is 0 Å². The minimum Gasteiger partial charge on any atom is -0.480 e. The Hall–Kier alpha value is -2.23. The predicted octanol–water partition coefficient (Wildman–Crippen LogP) is 2.08. The van der Waals surface area contributed by atoms with Crippen LogP contribution in [0.15, 0.2) is 6.20 Å². The summed E-state index contributed by atoms with van der Waals surface area (Å²) in [5.74, 6) is -1.28. The highest BCUT2D eigenvalue weighted by Gasteiger charge is 2.28. The zero-order chi connectivity index (χ0) is 13.7. The molecule has 0 amide bonds. The Bertz CT molecular complexity index is 498. The van der Waals surface area contributed by atoms with Crippen LogP contribution in [0.3, 0.4) is 0 Å². The smallest absolute Gasteiger partial charge is 0.344 e. The SMILES string of the molecule is CCOC(=O)c1c(OC)ncc(C#N)c1C(F)F. The van der Waals surface area contributed by atoms with Crippen molar-refractivity contribution in [3.8, 4) is 11.9 Å². The van der Waals surface area contributed by atoms with Gasteiger partial charge in [0.05, 0.1) is 24.8 Å². The van der Waals surface area contributed by atoms with Crippen LogP contribution >= 0.6 is 0 Å². The molecule has 1 aromatic rings. The Kier molecular flexibility index (Phi) is 4.54. The summed E-state index contributed by atoms with van der Waals surface area (Å²) in [6.45, 7) is 1.55. The van der Waals surface area contributed by atoms with Gasteiger partial charge in [-0.1, -0.05) is 0 Å². The highest BCUT2D eigenvalue weighted by atomic mass is 19.3. The number of alkyl halides is 2. The first-order valence-electron chi connectivity index (χ1n) is 4.99. The Morgan fingerprint density at radius 1 is 1.61 bits per heavy atom. The van der Waals surface area contributed by atoms with Gasteiger partial charge in [-0.3, -0.25) is 0 Å². The second-order valence-electron chi connectivity index (χ2n) is 3.10. The van der Waals surface area contributed by atoms with E-state index >= 15 is 0 Å². The first-order valence-corrected chi connectivity index (χ1v) is 4.99. The van der Waals surface area contributed by atoms with Gasteiger partial charge in [-0.25, -0.2) is 18.6 Å². The summed E-state index contributed by atoms with van der Waals surface area (Å²) in [7, 11) is 1.19. The number of hydrogen-bond donors (Lipinski definition) is 0. The second-order valence-corrected chi connectivity index (χ2v) is 3.10. The molecule has 0 aliphatic heterocycles. The van der Waals surface area contributed by atoms with Crippen LogP contribution in [0.2, 0.25) is 0 Å².